The molecule has 0 bridgehead atoms. The fourth-order valence-corrected chi connectivity index (χ4v) is 10.3. The average Bonchev–Trinajstić information content (AvgIpc) is 4.12. The molecule has 4 amide bonds. The second-order valence-corrected chi connectivity index (χ2v) is 19.9. The molecular formula is C52H60ClFN10O8S. The molecule has 0 radical (unpaired) electrons. The summed E-state index contributed by atoms with van der Waals surface area (Å²) in [5.41, 5.74) is 6.10. The Balaban J connectivity index is 0.822. The number of β-amino-alcohol motifs (C(OH)–C–C–N with tert-alkyl or cyclic N) is 1. The van der Waals surface area contributed by atoms with Crippen LogP contribution < -0.4 is 25.4 Å². The zero-order valence-electron chi connectivity index (χ0n) is 41.4. The van der Waals surface area contributed by atoms with Crippen LogP contribution >= 0.6 is 22.9 Å². The van der Waals surface area contributed by atoms with Crippen LogP contribution in [0.15, 0.2) is 77.0 Å². The second-order valence-electron chi connectivity index (χ2n) is 18.7. The number of aliphatic hydroxyl groups is 1. The van der Waals surface area contributed by atoms with Gasteiger partial charge in [0.05, 0.1) is 64.6 Å². The van der Waals surface area contributed by atoms with Crippen LogP contribution in [0.25, 0.3) is 21.3 Å². The van der Waals surface area contributed by atoms with E-state index in [1.807, 2.05) is 51.1 Å². The lowest BCUT2D eigenvalue weighted by molar-refractivity contribution is -0.141. The van der Waals surface area contributed by atoms with Crippen molar-refractivity contribution in [1.82, 2.24) is 45.4 Å². The number of hydrogen-bond donors (Lipinski definition) is 4. The van der Waals surface area contributed by atoms with Gasteiger partial charge in [-0.3, -0.25) is 24.1 Å². The Hall–Kier alpha value is -6.74. The first-order chi connectivity index (χ1) is 35.1. The van der Waals surface area contributed by atoms with Gasteiger partial charge in [0.15, 0.2) is 11.5 Å². The number of aryl methyl sites for hydroxylation is 2. The molecular weight excluding hydrogens is 979 g/mol. The summed E-state index contributed by atoms with van der Waals surface area (Å²) < 4.78 is 31.1. The number of methoxy groups -OCH3 is 1. The zero-order valence-corrected chi connectivity index (χ0v) is 43.0. The first-order valence-corrected chi connectivity index (χ1v) is 25.6. The van der Waals surface area contributed by atoms with Crippen molar-refractivity contribution in [3.63, 3.8) is 0 Å². The van der Waals surface area contributed by atoms with E-state index < -0.39 is 35.8 Å². The number of nitrogens with one attached hydrogen (secondary N) is 3. The maximum Gasteiger partial charge on any atom is 0.243 e. The number of hydrogen-bond acceptors (Lipinski definition) is 15. The molecule has 3 aromatic carbocycles. The number of ether oxygens (including phenoxy) is 2. The molecule has 5 heterocycles. The van der Waals surface area contributed by atoms with Gasteiger partial charge in [-0.05, 0) is 61.6 Å². The summed E-state index contributed by atoms with van der Waals surface area (Å²) in [6, 6.07) is 15.4. The Kier molecular flexibility index (Phi) is 17.2. The summed E-state index contributed by atoms with van der Waals surface area (Å²) >= 11 is 7.51. The van der Waals surface area contributed by atoms with E-state index in [4.69, 9.17) is 25.6 Å². The Morgan fingerprint density at radius 2 is 1.77 bits per heavy atom. The highest BCUT2D eigenvalue weighted by Gasteiger charge is 2.44. The van der Waals surface area contributed by atoms with Crippen LogP contribution in [0.4, 0.5) is 15.9 Å². The van der Waals surface area contributed by atoms with Crippen molar-refractivity contribution in [1.29, 1.82) is 0 Å². The molecule has 2 aliphatic rings. The van der Waals surface area contributed by atoms with Gasteiger partial charge in [-0.2, -0.15) is 0 Å². The highest BCUT2D eigenvalue weighted by Crippen LogP contribution is 2.36. The number of amides is 4. The standard InChI is InChI=1S/C52H60ClFN10O8S/c1-30(2)48(45-21-31(3)61-72-45)52(69)64-27-36(65)23-42(64)51(68)60-40(33-7-9-34(10-8-33)49-32(4)58-29-73-49)26-46(66)55-14-13-47(67)63-18-16-62(17-19-63)15-6-20-71-44-24-37-41(25-43(44)70-5)56-28-57-50(37)59-35-11-12-39(54)38(53)22-35/h7-12,21-22,24-25,28-30,36,40,42,48,65H,6,13-20,23,26-27H2,1-5H3,(H,55,66)(H,60,68)(H,56,57,59)/t36-,40+,42+,48-/m1/s1. The second kappa shape index (κ2) is 23.9. The highest BCUT2D eigenvalue weighted by atomic mass is 35.5. The number of thiazole rings is 1. The van der Waals surface area contributed by atoms with Crippen LogP contribution in [-0.2, 0) is 19.2 Å². The lowest BCUT2D eigenvalue weighted by Crippen LogP contribution is -2.49. The molecule has 73 heavy (non-hydrogen) atoms. The van der Waals surface area contributed by atoms with Gasteiger partial charge in [0.2, 0.25) is 23.6 Å². The fraction of sp³-hybridized carbons (Fsp3) is 0.423. The van der Waals surface area contributed by atoms with Crippen molar-refractivity contribution < 1.29 is 42.7 Å². The Bertz CT molecular complexity index is 2910. The van der Waals surface area contributed by atoms with Crippen LogP contribution in [-0.4, -0.2) is 135 Å². The molecule has 0 spiro atoms. The molecule has 6 aromatic rings. The molecule has 0 aliphatic carbocycles. The first-order valence-electron chi connectivity index (χ1n) is 24.3. The van der Waals surface area contributed by atoms with Crippen molar-refractivity contribution in [3.8, 4) is 21.9 Å². The molecule has 2 fully saturated rings. The maximum absolute atomic E-state index is 14.2. The van der Waals surface area contributed by atoms with Crippen LogP contribution in [0, 0.1) is 25.6 Å². The van der Waals surface area contributed by atoms with Crippen molar-refractivity contribution in [2.75, 3.05) is 64.8 Å². The molecule has 0 saturated carbocycles. The predicted molar refractivity (Wildman–Crippen MR) is 274 cm³/mol. The third kappa shape index (κ3) is 12.9. The molecule has 386 valence electrons. The van der Waals surface area contributed by atoms with Crippen LogP contribution in [0.2, 0.25) is 5.02 Å². The summed E-state index contributed by atoms with van der Waals surface area (Å²) in [5.74, 6) is -0.795. The largest absolute Gasteiger partial charge is 0.493 e. The van der Waals surface area contributed by atoms with Crippen LogP contribution in [0.3, 0.4) is 0 Å². The van der Waals surface area contributed by atoms with Gasteiger partial charge in [0, 0.05) is 81.9 Å². The molecule has 8 rings (SSSR count). The number of carbonyl (C=O) groups is 4. The average molecular weight is 1040 g/mol. The van der Waals surface area contributed by atoms with E-state index in [-0.39, 0.29) is 61.0 Å². The third-order valence-electron chi connectivity index (χ3n) is 13.1. The maximum atomic E-state index is 14.2. The van der Waals surface area contributed by atoms with Crippen LogP contribution in [0.5, 0.6) is 11.5 Å². The lowest BCUT2D eigenvalue weighted by atomic mass is 9.91. The number of aromatic nitrogens is 4. The van der Waals surface area contributed by atoms with E-state index >= 15 is 0 Å². The summed E-state index contributed by atoms with van der Waals surface area (Å²) in [6.45, 7) is 11.1. The number of anilines is 2. The molecule has 21 heteroatoms. The van der Waals surface area contributed by atoms with Gasteiger partial charge in [-0.25, -0.2) is 19.3 Å². The van der Waals surface area contributed by atoms with E-state index in [1.54, 1.807) is 42.6 Å². The number of halogens is 2. The van der Waals surface area contributed by atoms with E-state index in [2.05, 4.69) is 41.0 Å². The predicted octanol–water partition coefficient (Wildman–Crippen LogP) is 6.97. The quantitative estimate of drug-likeness (QED) is 0.0568. The molecule has 18 nitrogen and oxygen atoms in total. The highest BCUT2D eigenvalue weighted by molar-refractivity contribution is 7.13. The normalized spacial score (nSPS) is 16.9. The molecule has 2 saturated heterocycles. The van der Waals surface area contributed by atoms with Gasteiger partial charge in [-0.1, -0.05) is 54.9 Å². The van der Waals surface area contributed by atoms with Gasteiger partial charge < -0.3 is 44.9 Å². The molecule has 4 N–H and O–H groups in total. The van der Waals surface area contributed by atoms with Crippen LogP contribution in [0.1, 0.15) is 74.2 Å². The van der Waals surface area contributed by atoms with Gasteiger partial charge >= 0.3 is 0 Å². The number of aliphatic hydroxyl groups excluding tert-OH is 1. The zero-order chi connectivity index (χ0) is 51.8. The van der Waals surface area contributed by atoms with E-state index in [1.165, 1.54) is 34.7 Å². The molecule has 3 aromatic heterocycles. The number of piperazine rings is 1. The number of fused-ring (bicyclic) bond motifs is 1. The number of rotatable bonds is 20. The topological polar surface area (TPSA) is 217 Å². The summed E-state index contributed by atoms with van der Waals surface area (Å²) in [7, 11) is 1.56. The van der Waals surface area contributed by atoms with E-state index in [0.717, 1.165) is 22.7 Å². The van der Waals surface area contributed by atoms with Crippen molar-refractivity contribution in [3.05, 3.63) is 106 Å². The third-order valence-corrected chi connectivity index (χ3v) is 14.4. The van der Waals surface area contributed by atoms with Crippen molar-refractivity contribution in [2.24, 2.45) is 5.92 Å². The van der Waals surface area contributed by atoms with E-state index in [0.29, 0.717) is 90.1 Å². The van der Waals surface area contributed by atoms with Gasteiger partial charge in [0.1, 0.15) is 35.7 Å². The summed E-state index contributed by atoms with van der Waals surface area (Å²) in [5, 5.41) is 24.5. The Morgan fingerprint density at radius 1 is 0.986 bits per heavy atom. The summed E-state index contributed by atoms with van der Waals surface area (Å²) in [4.78, 5) is 74.9. The number of benzene rings is 3. The monoisotopic (exact) mass is 1040 g/mol. The molecule has 4 atom stereocenters. The van der Waals surface area contributed by atoms with Crippen molar-refractivity contribution in [2.45, 2.75) is 77.5 Å². The first kappa shape index (κ1) is 52.6. The lowest BCUT2D eigenvalue weighted by Gasteiger charge is -2.34. The SMILES string of the molecule is COc1cc2ncnc(Nc3ccc(F)c(Cl)c3)c2cc1OCCCN1CCN(C(=O)CCNC(=O)C[C@H](NC(=O)[C@@H]2C[C@@H](O)CN2C(=O)[C@@H](c2cc(C)no2)C(C)C)c2ccc(-c3scnc3C)cc2)CC1. The van der Waals surface area contributed by atoms with Gasteiger partial charge in [-0.15, -0.1) is 11.3 Å². The van der Waals surface area contributed by atoms with E-state index in [9.17, 15) is 28.7 Å². The number of nitrogens with zero attached hydrogens (tertiary/aromatic N) is 7. The minimum atomic E-state index is -0.991. The summed E-state index contributed by atoms with van der Waals surface area (Å²) in [6.07, 6.45) is 1.21. The Labute approximate surface area is 431 Å². The van der Waals surface area contributed by atoms with Gasteiger partial charge in [0.25, 0.3) is 0 Å². The number of likely N-dealkylation sites (tertiary alicyclic amines) is 1. The molecule has 2 aliphatic heterocycles. The minimum Gasteiger partial charge on any atom is -0.493 e. The fourth-order valence-electron chi connectivity index (χ4n) is 9.28. The minimum absolute atomic E-state index is 0.0135. The van der Waals surface area contributed by atoms with Crippen molar-refractivity contribution >= 4 is 69.0 Å². The number of carbonyl (C=O) groups excluding carboxylic acids is 4. The molecule has 0 unspecified atom stereocenters. The Morgan fingerprint density at radius 3 is 2.45 bits per heavy atom. The smallest absolute Gasteiger partial charge is 0.243 e.